The number of benzene rings is 1. The summed E-state index contributed by atoms with van der Waals surface area (Å²) in [5.41, 5.74) is 5.00. The maximum Gasteiger partial charge on any atom is 0.407 e. The Kier molecular flexibility index (Phi) is 19.7. The lowest BCUT2D eigenvalue weighted by atomic mass is 10.0. The lowest BCUT2D eigenvalue weighted by molar-refractivity contribution is -0.141. The zero-order valence-electron chi connectivity index (χ0n) is 31.8. The number of carbonyl (C=O) groups is 5. The van der Waals surface area contributed by atoms with Crippen LogP contribution in [-0.2, 0) is 33.3 Å². The van der Waals surface area contributed by atoms with E-state index in [9.17, 15) is 45.9 Å². The lowest BCUT2D eigenvalue weighted by Crippen LogP contribution is -2.54. The van der Waals surface area contributed by atoms with Crippen LogP contribution in [0, 0.1) is 64.6 Å². The number of alkyl carbamates (subject to hydrolysis) is 1. The van der Waals surface area contributed by atoms with Crippen LogP contribution in [-0.4, -0.2) is 101 Å². The normalized spacial score (nSPS) is 18.1. The van der Waals surface area contributed by atoms with Gasteiger partial charge in [0.25, 0.3) is 0 Å². The van der Waals surface area contributed by atoms with Gasteiger partial charge in [-0.05, 0) is 49.4 Å². The van der Waals surface area contributed by atoms with Gasteiger partial charge in [0.2, 0.25) is 46.6 Å². The number of primary amides is 1. The maximum atomic E-state index is 14.2. The van der Waals surface area contributed by atoms with Crippen LogP contribution in [0.15, 0.2) is 0 Å². The Morgan fingerprint density at radius 1 is 0.754 bits per heavy atom. The molecular weight excluding hydrogens is 769 g/mol. The standard InChI is InChI=1S/C37H50F5N5O10/c1-21(2)32(34(49)46-25(10-7-12-44-36(43)51)35(50)57-33-30(41)28(39)27(38)29(40)31(33)42)47-26(48)11-14-53-16-18-55-19-17-54-15-13-45-37(52)56-20-24-22-8-5-3-4-6-9-23(22)24/h21-25,32H,5-20H2,1-2H3,(H,45,52)(H,46,49)(H,47,48)(H3,43,44,51)/t22-,23-,25?,32?/m1/s1. The van der Waals surface area contributed by atoms with Crippen molar-refractivity contribution in [1.29, 1.82) is 0 Å². The smallest absolute Gasteiger partial charge is 0.407 e. The number of halogens is 5. The number of ether oxygens (including phenoxy) is 5. The third-order valence-electron chi connectivity index (χ3n) is 9.19. The molecular formula is C37H50F5N5O10. The second kappa shape index (κ2) is 24.1. The van der Waals surface area contributed by atoms with Gasteiger partial charge in [0.05, 0.1) is 46.2 Å². The van der Waals surface area contributed by atoms with Gasteiger partial charge in [-0.1, -0.05) is 13.8 Å². The molecule has 0 bridgehead atoms. The highest BCUT2D eigenvalue weighted by atomic mass is 19.2. The van der Waals surface area contributed by atoms with E-state index >= 15 is 0 Å². The van der Waals surface area contributed by atoms with E-state index in [1.54, 1.807) is 13.8 Å². The summed E-state index contributed by atoms with van der Waals surface area (Å²) in [5.74, 6) is -9.59. The molecule has 0 aromatic heterocycles. The largest absolute Gasteiger partial charge is 0.449 e. The minimum Gasteiger partial charge on any atom is -0.449 e. The highest BCUT2D eigenvalue weighted by Gasteiger charge is 2.49. The van der Waals surface area contributed by atoms with Crippen LogP contribution in [0.4, 0.5) is 31.5 Å². The minimum atomic E-state index is -2.47. The quantitative estimate of drug-likeness (QED) is 0.0196. The van der Waals surface area contributed by atoms with Crippen molar-refractivity contribution >= 4 is 29.9 Å². The average molecular weight is 820 g/mol. The van der Waals surface area contributed by atoms with E-state index < -0.39 is 82.7 Å². The Labute approximate surface area is 326 Å². The number of fused-ring (bicyclic) bond motifs is 1. The molecule has 2 aliphatic carbocycles. The fourth-order valence-corrected chi connectivity index (χ4v) is 6.09. The number of hydrogen-bond acceptors (Lipinski definition) is 10. The molecule has 2 unspecified atom stereocenters. The van der Waals surface area contributed by atoms with Gasteiger partial charge in [0, 0.05) is 32.4 Å². The van der Waals surface area contributed by atoms with E-state index in [0.29, 0.717) is 24.4 Å². The second-order valence-corrected chi connectivity index (χ2v) is 13.6. The first-order valence-electron chi connectivity index (χ1n) is 18.7. The summed E-state index contributed by atoms with van der Waals surface area (Å²) in [4.78, 5) is 61.7. The fraction of sp³-hybridized carbons (Fsp3) is 0.649. The third kappa shape index (κ3) is 15.6. The Balaban J connectivity index is 1.31. The van der Waals surface area contributed by atoms with Crippen LogP contribution in [0.3, 0.4) is 0 Å². The predicted octanol–water partition coefficient (Wildman–Crippen LogP) is 2.97. The second-order valence-electron chi connectivity index (χ2n) is 13.6. The van der Waals surface area contributed by atoms with Gasteiger partial charge in [0.15, 0.2) is 0 Å². The molecule has 6 N–H and O–H groups in total. The van der Waals surface area contributed by atoms with Crippen molar-refractivity contribution in [1.82, 2.24) is 21.3 Å². The molecule has 15 nitrogen and oxygen atoms in total. The first kappa shape index (κ1) is 46.6. The summed E-state index contributed by atoms with van der Waals surface area (Å²) in [6, 6.07) is -3.87. The topological polar surface area (TPSA) is 206 Å². The van der Waals surface area contributed by atoms with Gasteiger partial charge < -0.3 is 50.7 Å². The molecule has 4 atom stereocenters. The monoisotopic (exact) mass is 819 g/mol. The van der Waals surface area contributed by atoms with E-state index in [0.717, 1.165) is 25.7 Å². The van der Waals surface area contributed by atoms with Crippen molar-refractivity contribution in [2.75, 3.05) is 59.3 Å². The molecule has 57 heavy (non-hydrogen) atoms. The van der Waals surface area contributed by atoms with Gasteiger partial charge >= 0.3 is 18.1 Å². The number of esters is 1. The SMILES string of the molecule is CC(C)C(NC(=O)CCOCCOCCOCCNC(=O)OCC1[C@@H]2CCC#CCC[C@@H]12)C(=O)NC(CCCNC(N)=O)C(=O)Oc1c(F)c(F)c(F)c(F)c1F. The summed E-state index contributed by atoms with van der Waals surface area (Å²) >= 11 is 0. The van der Waals surface area contributed by atoms with Crippen molar-refractivity contribution in [2.45, 2.75) is 70.9 Å². The molecule has 1 saturated carbocycles. The van der Waals surface area contributed by atoms with Crippen molar-refractivity contribution in [3.05, 3.63) is 29.1 Å². The zero-order chi connectivity index (χ0) is 41.9. The van der Waals surface area contributed by atoms with Crippen LogP contribution in [0.1, 0.15) is 58.8 Å². The molecule has 0 spiro atoms. The Morgan fingerprint density at radius 3 is 1.89 bits per heavy atom. The number of nitrogens with one attached hydrogen (secondary N) is 4. The summed E-state index contributed by atoms with van der Waals surface area (Å²) in [6.07, 6.45) is 2.88. The molecule has 5 amide bonds. The molecule has 318 valence electrons. The van der Waals surface area contributed by atoms with Crippen LogP contribution >= 0.6 is 0 Å². The molecule has 0 heterocycles. The van der Waals surface area contributed by atoms with Crippen molar-refractivity contribution < 1.29 is 69.6 Å². The molecule has 20 heteroatoms. The third-order valence-corrected chi connectivity index (χ3v) is 9.19. The summed E-state index contributed by atoms with van der Waals surface area (Å²) in [6.45, 7) is 4.81. The molecule has 3 rings (SSSR count). The van der Waals surface area contributed by atoms with Gasteiger partial charge in [0.1, 0.15) is 12.1 Å². The van der Waals surface area contributed by atoms with E-state index in [-0.39, 0.29) is 72.0 Å². The highest BCUT2D eigenvalue weighted by molar-refractivity contribution is 5.91. The molecule has 0 aliphatic heterocycles. The lowest BCUT2D eigenvalue weighted by Gasteiger charge is -2.25. The van der Waals surface area contributed by atoms with E-state index in [2.05, 4.69) is 37.8 Å². The Morgan fingerprint density at radius 2 is 1.32 bits per heavy atom. The minimum absolute atomic E-state index is 0.0416. The average Bonchev–Trinajstić information content (AvgIpc) is 3.82. The number of carbonyl (C=O) groups excluding carboxylic acids is 5. The Bertz CT molecular complexity index is 1560. The van der Waals surface area contributed by atoms with Crippen molar-refractivity contribution in [2.24, 2.45) is 29.4 Å². The molecule has 1 aromatic rings. The molecule has 0 saturated heterocycles. The van der Waals surface area contributed by atoms with Crippen LogP contribution in [0.25, 0.3) is 0 Å². The number of rotatable bonds is 24. The van der Waals surface area contributed by atoms with Crippen LogP contribution in [0.5, 0.6) is 5.75 Å². The van der Waals surface area contributed by atoms with Gasteiger partial charge in [-0.25, -0.2) is 27.6 Å². The highest BCUT2D eigenvalue weighted by Crippen LogP contribution is 2.52. The number of nitrogens with two attached hydrogens (primary N) is 1. The fourth-order valence-electron chi connectivity index (χ4n) is 6.09. The zero-order valence-corrected chi connectivity index (χ0v) is 31.8. The number of urea groups is 1. The van der Waals surface area contributed by atoms with Gasteiger partial charge in [-0.3, -0.25) is 9.59 Å². The Hall–Kier alpha value is -4.74. The van der Waals surface area contributed by atoms with Crippen molar-refractivity contribution in [3.8, 4) is 17.6 Å². The number of amides is 5. The number of hydrogen-bond donors (Lipinski definition) is 5. The van der Waals surface area contributed by atoms with E-state index in [4.69, 9.17) is 24.7 Å². The van der Waals surface area contributed by atoms with Gasteiger partial charge in [-0.2, -0.15) is 8.78 Å². The van der Waals surface area contributed by atoms with E-state index in [1.807, 2.05) is 0 Å². The summed E-state index contributed by atoms with van der Waals surface area (Å²) in [5, 5.41) is 9.65. The molecule has 2 aliphatic rings. The van der Waals surface area contributed by atoms with Gasteiger partial charge in [-0.15, -0.1) is 11.8 Å². The molecule has 1 aromatic carbocycles. The molecule has 1 fully saturated rings. The molecule has 0 radical (unpaired) electrons. The predicted molar refractivity (Wildman–Crippen MR) is 191 cm³/mol. The van der Waals surface area contributed by atoms with Crippen molar-refractivity contribution in [3.63, 3.8) is 0 Å². The van der Waals surface area contributed by atoms with E-state index in [1.165, 1.54) is 0 Å². The first-order valence-corrected chi connectivity index (χ1v) is 18.7. The summed E-state index contributed by atoms with van der Waals surface area (Å²) in [7, 11) is 0. The van der Waals surface area contributed by atoms with Crippen LogP contribution in [0.2, 0.25) is 0 Å². The summed E-state index contributed by atoms with van der Waals surface area (Å²) < 4.78 is 95.3. The maximum absolute atomic E-state index is 14.2. The first-order chi connectivity index (χ1) is 27.2. The van der Waals surface area contributed by atoms with Crippen LogP contribution < -0.4 is 31.7 Å².